The number of likely N-dealkylation sites (tertiary alicyclic amines) is 1. The first-order valence-electron chi connectivity index (χ1n) is 14.6. The molecule has 1 saturated heterocycles. The normalized spacial score (nSPS) is 23.3. The number of esters is 1. The number of ether oxygens (including phenoxy) is 3. The van der Waals surface area contributed by atoms with Gasteiger partial charge in [-0.1, -0.05) is 19.1 Å². The molecular formula is C31H41BrN4O6. The Labute approximate surface area is 255 Å². The molecule has 4 rings (SSSR count). The van der Waals surface area contributed by atoms with E-state index >= 15 is 0 Å². The third-order valence-electron chi connectivity index (χ3n) is 8.38. The number of nitrogens with two attached hydrogens (primary N) is 1. The van der Waals surface area contributed by atoms with E-state index in [-0.39, 0.29) is 29.9 Å². The SMILES string of the molecule is CCOC(=O)[C@@]1(CC)C[C@H]1/C=C\CCCCN(C)C(=O)N1C[C@H](Oc2ncc(Br)c3cc(OC)ccc23)C[C@H]1C(N)=O. The summed E-state index contributed by atoms with van der Waals surface area (Å²) in [6, 6.07) is 4.59. The number of carbonyl (C=O) groups excluding carboxylic acids is 3. The third kappa shape index (κ3) is 6.82. The van der Waals surface area contributed by atoms with E-state index < -0.39 is 18.1 Å². The van der Waals surface area contributed by atoms with E-state index in [9.17, 15) is 14.4 Å². The number of nitrogens with zero attached hydrogens (tertiary/aromatic N) is 3. The monoisotopic (exact) mass is 644 g/mol. The van der Waals surface area contributed by atoms with Crippen molar-refractivity contribution >= 4 is 44.6 Å². The van der Waals surface area contributed by atoms with Crippen LogP contribution in [0.4, 0.5) is 4.79 Å². The summed E-state index contributed by atoms with van der Waals surface area (Å²) in [5.74, 6) is 0.728. The molecule has 2 fully saturated rings. The van der Waals surface area contributed by atoms with Gasteiger partial charge in [-0.3, -0.25) is 9.59 Å². The first kappa shape index (κ1) is 31.6. The minimum atomic E-state index is -0.758. The second-order valence-electron chi connectivity index (χ2n) is 11.0. The maximum absolute atomic E-state index is 13.3. The number of hydrogen-bond donors (Lipinski definition) is 1. The van der Waals surface area contributed by atoms with Gasteiger partial charge in [-0.05, 0) is 79.1 Å². The lowest BCUT2D eigenvalue weighted by atomic mass is 10.00. The van der Waals surface area contributed by atoms with Crippen LogP contribution in [-0.2, 0) is 14.3 Å². The first-order valence-corrected chi connectivity index (χ1v) is 15.4. The van der Waals surface area contributed by atoms with E-state index in [2.05, 4.69) is 33.1 Å². The van der Waals surface area contributed by atoms with Crippen molar-refractivity contribution in [1.82, 2.24) is 14.8 Å². The van der Waals surface area contributed by atoms with E-state index in [0.29, 0.717) is 31.2 Å². The molecule has 1 saturated carbocycles. The van der Waals surface area contributed by atoms with Crippen LogP contribution in [0.25, 0.3) is 10.8 Å². The van der Waals surface area contributed by atoms with Crippen LogP contribution in [0.5, 0.6) is 11.6 Å². The maximum Gasteiger partial charge on any atom is 0.320 e. The maximum atomic E-state index is 13.3. The zero-order valence-corrected chi connectivity index (χ0v) is 26.4. The fraction of sp³-hybridized carbons (Fsp3) is 0.548. The van der Waals surface area contributed by atoms with Crippen molar-refractivity contribution in [3.8, 4) is 11.6 Å². The van der Waals surface area contributed by atoms with Crippen LogP contribution in [0.2, 0.25) is 0 Å². The molecule has 228 valence electrons. The summed E-state index contributed by atoms with van der Waals surface area (Å²) in [6.45, 7) is 5.06. The van der Waals surface area contributed by atoms with E-state index in [1.807, 2.05) is 32.0 Å². The highest BCUT2D eigenvalue weighted by Crippen LogP contribution is 2.56. The molecule has 1 aromatic heterocycles. The van der Waals surface area contributed by atoms with Crippen LogP contribution < -0.4 is 15.2 Å². The Balaban J connectivity index is 1.29. The molecule has 42 heavy (non-hydrogen) atoms. The number of methoxy groups -OCH3 is 1. The van der Waals surface area contributed by atoms with Gasteiger partial charge in [0, 0.05) is 41.5 Å². The Hall–Kier alpha value is -3.34. The molecule has 0 radical (unpaired) electrons. The Bertz CT molecular complexity index is 1340. The molecule has 10 nitrogen and oxygen atoms in total. The van der Waals surface area contributed by atoms with Gasteiger partial charge in [0.25, 0.3) is 0 Å². The van der Waals surface area contributed by atoms with E-state index in [0.717, 1.165) is 47.3 Å². The van der Waals surface area contributed by atoms with Crippen molar-refractivity contribution in [2.45, 2.75) is 64.5 Å². The smallest absolute Gasteiger partial charge is 0.320 e. The number of amides is 3. The van der Waals surface area contributed by atoms with Crippen molar-refractivity contribution in [3.63, 3.8) is 0 Å². The lowest BCUT2D eigenvalue weighted by Crippen LogP contribution is -2.49. The number of pyridine rings is 1. The Morgan fingerprint density at radius 1 is 1.24 bits per heavy atom. The number of fused-ring (bicyclic) bond motifs is 1. The van der Waals surface area contributed by atoms with Crippen LogP contribution in [0.1, 0.15) is 52.4 Å². The minimum Gasteiger partial charge on any atom is -0.497 e. The van der Waals surface area contributed by atoms with Gasteiger partial charge in [-0.2, -0.15) is 0 Å². The summed E-state index contributed by atoms with van der Waals surface area (Å²) < 4.78 is 17.6. The summed E-state index contributed by atoms with van der Waals surface area (Å²) >= 11 is 3.53. The first-order chi connectivity index (χ1) is 20.1. The van der Waals surface area contributed by atoms with E-state index in [1.54, 1.807) is 25.3 Å². The lowest BCUT2D eigenvalue weighted by molar-refractivity contribution is -0.150. The number of carbonyl (C=O) groups is 3. The molecule has 0 unspecified atom stereocenters. The topological polar surface area (TPSA) is 124 Å². The summed E-state index contributed by atoms with van der Waals surface area (Å²) in [5.41, 5.74) is 5.35. The second-order valence-corrected chi connectivity index (χ2v) is 11.9. The number of allylic oxidation sites excluding steroid dienone is 2. The molecule has 2 aliphatic rings. The number of rotatable bonds is 13. The summed E-state index contributed by atoms with van der Waals surface area (Å²) in [6.07, 6.45) is 9.99. The quantitative estimate of drug-likeness (QED) is 0.183. The molecule has 1 aliphatic heterocycles. The fourth-order valence-electron chi connectivity index (χ4n) is 5.74. The molecule has 0 spiro atoms. The molecule has 0 bridgehead atoms. The zero-order chi connectivity index (χ0) is 30.4. The van der Waals surface area contributed by atoms with Gasteiger partial charge in [0.05, 0.1) is 25.7 Å². The van der Waals surface area contributed by atoms with Crippen molar-refractivity contribution in [2.24, 2.45) is 17.1 Å². The molecule has 2 aromatic rings. The van der Waals surface area contributed by atoms with Gasteiger partial charge < -0.3 is 29.7 Å². The predicted molar refractivity (Wildman–Crippen MR) is 163 cm³/mol. The average Bonchev–Trinajstić information content (AvgIpc) is 3.55. The minimum absolute atomic E-state index is 0.0896. The van der Waals surface area contributed by atoms with Crippen molar-refractivity contribution in [1.29, 1.82) is 0 Å². The van der Waals surface area contributed by atoms with Crippen LogP contribution >= 0.6 is 15.9 Å². The number of halogens is 1. The molecule has 1 aromatic carbocycles. The number of hydrogen-bond acceptors (Lipinski definition) is 7. The van der Waals surface area contributed by atoms with Gasteiger partial charge in [-0.15, -0.1) is 0 Å². The molecule has 11 heteroatoms. The highest BCUT2D eigenvalue weighted by Gasteiger charge is 2.58. The third-order valence-corrected chi connectivity index (χ3v) is 9.01. The van der Waals surface area contributed by atoms with Crippen LogP contribution in [0.15, 0.2) is 41.0 Å². The molecule has 4 atom stereocenters. The van der Waals surface area contributed by atoms with Crippen LogP contribution in [0.3, 0.4) is 0 Å². The van der Waals surface area contributed by atoms with Gasteiger partial charge in [-0.25, -0.2) is 9.78 Å². The lowest BCUT2D eigenvalue weighted by Gasteiger charge is -2.28. The fourth-order valence-corrected chi connectivity index (χ4v) is 6.17. The van der Waals surface area contributed by atoms with Crippen LogP contribution in [-0.4, -0.2) is 78.7 Å². The number of aromatic nitrogens is 1. The summed E-state index contributed by atoms with van der Waals surface area (Å²) in [5, 5.41) is 1.67. The Morgan fingerprint density at radius 3 is 2.71 bits per heavy atom. The highest BCUT2D eigenvalue weighted by molar-refractivity contribution is 9.10. The summed E-state index contributed by atoms with van der Waals surface area (Å²) in [7, 11) is 3.34. The zero-order valence-electron chi connectivity index (χ0n) is 24.8. The van der Waals surface area contributed by atoms with Gasteiger partial charge >= 0.3 is 12.0 Å². The number of unbranched alkanes of at least 4 members (excludes halogenated alkanes) is 2. The van der Waals surface area contributed by atoms with Crippen molar-refractivity contribution in [2.75, 3.05) is 33.9 Å². The average molecular weight is 646 g/mol. The summed E-state index contributed by atoms with van der Waals surface area (Å²) in [4.78, 5) is 45.5. The van der Waals surface area contributed by atoms with Gasteiger partial charge in [0.2, 0.25) is 11.8 Å². The molecule has 1 aliphatic carbocycles. The van der Waals surface area contributed by atoms with Crippen LogP contribution in [0, 0.1) is 11.3 Å². The number of urea groups is 1. The number of benzene rings is 1. The Kier molecular flexibility index (Phi) is 10.3. The molecule has 2 N–H and O–H groups in total. The Morgan fingerprint density at radius 2 is 2.02 bits per heavy atom. The van der Waals surface area contributed by atoms with E-state index in [4.69, 9.17) is 19.9 Å². The molecular weight excluding hydrogens is 604 g/mol. The van der Waals surface area contributed by atoms with Gasteiger partial charge in [0.1, 0.15) is 17.9 Å². The largest absolute Gasteiger partial charge is 0.497 e. The second kappa shape index (κ2) is 13.8. The van der Waals surface area contributed by atoms with Gasteiger partial charge in [0.15, 0.2) is 0 Å². The molecule has 3 amide bonds. The highest BCUT2D eigenvalue weighted by atomic mass is 79.9. The molecule has 2 heterocycles. The standard InChI is InChI=1S/C31H41BrN4O6/c1-5-31(29(38)41-6-2)17-20(31)11-9-7-8-10-14-35(3)30(39)36-19-22(16-26(36)27(33)37)42-28-23-13-12-21(40-4)15-24(23)25(32)18-34-28/h9,11-13,15,18,20,22,26H,5-8,10,14,16-17,19H2,1-4H3,(H2,33,37)/b11-9-/t20-,22-,26+,31+/m1/s1. The van der Waals surface area contributed by atoms with Crippen molar-refractivity contribution < 1.29 is 28.6 Å². The van der Waals surface area contributed by atoms with E-state index in [1.165, 1.54) is 4.90 Å². The number of primary amides is 1. The van der Waals surface area contributed by atoms with Crippen molar-refractivity contribution in [3.05, 3.63) is 41.0 Å². The predicted octanol–water partition coefficient (Wildman–Crippen LogP) is 5.07.